The van der Waals surface area contributed by atoms with Gasteiger partial charge in [0.2, 0.25) is 0 Å². The zero-order chi connectivity index (χ0) is 18.4. The maximum atomic E-state index is 10.8. The largest absolute Gasteiger partial charge is 0.387 e. The number of aryl methyl sites for hydroxylation is 1. The molecule has 5 rings (SSSR count). The van der Waals surface area contributed by atoms with E-state index in [0.29, 0.717) is 0 Å². The van der Waals surface area contributed by atoms with Crippen LogP contribution in [0.3, 0.4) is 0 Å². The summed E-state index contributed by atoms with van der Waals surface area (Å²) in [5.74, 6) is 0.259. The zero-order valence-electron chi connectivity index (χ0n) is 14.9. The van der Waals surface area contributed by atoms with Crippen LogP contribution in [-0.2, 0) is 11.8 Å². The number of pyridine rings is 2. The Labute approximate surface area is 159 Å². The highest BCUT2D eigenvalue weighted by Gasteiger charge is 2.25. The van der Waals surface area contributed by atoms with Crippen molar-refractivity contribution >= 4 is 32.7 Å². The Hall–Kier alpha value is -2.42. The molecule has 1 aliphatic heterocycles. The van der Waals surface area contributed by atoms with Crippen molar-refractivity contribution in [1.29, 1.82) is 0 Å². The standard InChI is InChI=1S/C19H19N5O2S/c1-24-18-15(22-23-24)8-13(10-20-18)14-3-2-12-9-16(27-19(12)21-14)17(25)11-4-6-26-7-5-11/h2-3,8-11,17,25H,4-7H2,1H3/t17-/m1/s1. The van der Waals surface area contributed by atoms with E-state index >= 15 is 0 Å². The molecule has 0 spiro atoms. The third kappa shape index (κ3) is 2.99. The number of aromatic nitrogens is 5. The molecule has 4 aromatic rings. The third-order valence-corrected chi connectivity index (χ3v) is 6.26. The normalized spacial score (nSPS) is 17.0. The van der Waals surface area contributed by atoms with Gasteiger partial charge in [0.05, 0.1) is 11.8 Å². The Morgan fingerprint density at radius 3 is 2.96 bits per heavy atom. The monoisotopic (exact) mass is 381 g/mol. The lowest BCUT2D eigenvalue weighted by Gasteiger charge is -2.25. The molecule has 1 fully saturated rings. The van der Waals surface area contributed by atoms with Crippen molar-refractivity contribution in [1.82, 2.24) is 25.0 Å². The molecule has 0 radical (unpaired) electrons. The van der Waals surface area contributed by atoms with Crippen molar-refractivity contribution in [3.8, 4) is 11.3 Å². The number of nitrogens with zero attached hydrogens (tertiary/aromatic N) is 5. The number of hydrogen-bond donors (Lipinski definition) is 1. The molecule has 0 aromatic carbocycles. The molecule has 0 bridgehead atoms. The van der Waals surface area contributed by atoms with Gasteiger partial charge in [0, 0.05) is 42.3 Å². The Balaban J connectivity index is 1.49. The zero-order valence-corrected chi connectivity index (χ0v) is 15.7. The van der Waals surface area contributed by atoms with Crippen LogP contribution >= 0.6 is 11.3 Å². The van der Waals surface area contributed by atoms with Gasteiger partial charge in [0.25, 0.3) is 0 Å². The molecule has 0 unspecified atom stereocenters. The maximum absolute atomic E-state index is 10.8. The molecular weight excluding hydrogens is 362 g/mol. The van der Waals surface area contributed by atoms with E-state index in [-0.39, 0.29) is 5.92 Å². The van der Waals surface area contributed by atoms with Gasteiger partial charge in [-0.3, -0.25) is 0 Å². The molecule has 0 aliphatic carbocycles. The minimum Gasteiger partial charge on any atom is -0.387 e. The van der Waals surface area contributed by atoms with Gasteiger partial charge in [0.1, 0.15) is 10.3 Å². The number of ether oxygens (including phenoxy) is 1. The van der Waals surface area contributed by atoms with Crippen LogP contribution in [-0.4, -0.2) is 43.3 Å². The molecule has 27 heavy (non-hydrogen) atoms. The summed E-state index contributed by atoms with van der Waals surface area (Å²) < 4.78 is 7.06. The molecule has 0 saturated carbocycles. The second-order valence-corrected chi connectivity index (χ2v) is 7.98. The highest BCUT2D eigenvalue weighted by Crippen LogP contribution is 2.37. The van der Waals surface area contributed by atoms with E-state index < -0.39 is 6.10 Å². The molecule has 5 heterocycles. The second-order valence-electron chi connectivity index (χ2n) is 6.91. The van der Waals surface area contributed by atoms with Crippen LogP contribution in [0, 0.1) is 5.92 Å². The first-order valence-corrected chi connectivity index (χ1v) is 9.83. The predicted molar refractivity (Wildman–Crippen MR) is 103 cm³/mol. The van der Waals surface area contributed by atoms with Gasteiger partial charge in [-0.05, 0) is 43.0 Å². The summed E-state index contributed by atoms with van der Waals surface area (Å²) in [6.45, 7) is 1.46. The molecule has 8 heteroatoms. The Morgan fingerprint density at radius 2 is 2.11 bits per heavy atom. The van der Waals surface area contributed by atoms with E-state index in [9.17, 15) is 5.11 Å². The van der Waals surface area contributed by atoms with Crippen LogP contribution in [0.5, 0.6) is 0 Å². The van der Waals surface area contributed by atoms with Gasteiger partial charge in [-0.1, -0.05) is 5.21 Å². The minimum atomic E-state index is -0.450. The van der Waals surface area contributed by atoms with E-state index in [1.165, 1.54) is 0 Å². The number of rotatable bonds is 3. The Bertz CT molecular complexity index is 1120. The quantitative estimate of drug-likeness (QED) is 0.587. The summed E-state index contributed by atoms with van der Waals surface area (Å²) >= 11 is 1.56. The van der Waals surface area contributed by atoms with E-state index in [2.05, 4.69) is 27.4 Å². The summed E-state index contributed by atoms with van der Waals surface area (Å²) in [5, 5.41) is 19.9. The lowest BCUT2D eigenvalue weighted by molar-refractivity contribution is 0.00856. The van der Waals surface area contributed by atoms with Gasteiger partial charge < -0.3 is 9.84 Å². The molecule has 1 N–H and O–H groups in total. The SMILES string of the molecule is Cn1nnc2cc(-c3ccc4cc([C@H](O)C5CCOCC5)sc4n3)cnc21. The van der Waals surface area contributed by atoms with Gasteiger partial charge in [-0.15, -0.1) is 16.4 Å². The highest BCUT2D eigenvalue weighted by atomic mass is 32.1. The minimum absolute atomic E-state index is 0.259. The van der Waals surface area contributed by atoms with E-state index in [0.717, 1.165) is 63.6 Å². The van der Waals surface area contributed by atoms with Crippen LogP contribution in [0.4, 0.5) is 0 Å². The molecular formula is C19H19N5O2S. The first-order chi connectivity index (χ1) is 13.2. The summed E-state index contributed by atoms with van der Waals surface area (Å²) in [4.78, 5) is 11.1. The first-order valence-electron chi connectivity index (χ1n) is 9.01. The Kier molecular flexibility index (Phi) is 4.11. The smallest absolute Gasteiger partial charge is 0.178 e. The predicted octanol–water partition coefficient (Wildman–Crippen LogP) is 3.10. The third-order valence-electron chi connectivity index (χ3n) is 5.14. The van der Waals surface area contributed by atoms with Gasteiger partial charge in [-0.25, -0.2) is 14.6 Å². The van der Waals surface area contributed by atoms with Crippen molar-refractivity contribution in [3.63, 3.8) is 0 Å². The molecule has 138 valence electrons. The van der Waals surface area contributed by atoms with Crippen molar-refractivity contribution in [3.05, 3.63) is 35.3 Å². The second kappa shape index (κ2) is 6.63. The average molecular weight is 381 g/mol. The van der Waals surface area contributed by atoms with Crippen LogP contribution in [0.2, 0.25) is 0 Å². The van der Waals surface area contributed by atoms with Crippen LogP contribution in [0.15, 0.2) is 30.5 Å². The van der Waals surface area contributed by atoms with E-state index in [4.69, 9.17) is 9.72 Å². The van der Waals surface area contributed by atoms with Gasteiger partial charge >= 0.3 is 0 Å². The number of hydrogen-bond acceptors (Lipinski definition) is 7. The number of fused-ring (bicyclic) bond motifs is 2. The van der Waals surface area contributed by atoms with E-state index in [1.807, 2.05) is 19.2 Å². The summed E-state index contributed by atoms with van der Waals surface area (Å²) in [5.41, 5.74) is 3.25. The summed E-state index contributed by atoms with van der Waals surface area (Å²) in [6, 6.07) is 8.05. The van der Waals surface area contributed by atoms with Crippen molar-refractivity contribution in [2.24, 2.45) is 13.0 Å². The Morgan fingerprint density at radius 1 is 1.26 bits per heavy atom. The summed E-state index contributed by atoms with van der Waals surface area (Å²) in [6.07, 6.45) is 3.15. The number of aliphatic hydroxyl groups excluding tert-OH is 1. The molecule has 0 amide bonds. The number of aliphatic hydroxyl groups is 1. The number of thiophene rings is 1. The molecule has 7 nitrogen and oxygen atoms in total. The van der Waals surface area contributed by atoms with Crippen LogP contribution in [0.25, 0.3) is 32.6 Å². The van der Waals surface area contributed by atoms with Crippen LogP contribution < -0.4 is 0 Å². The molecule has 4 aromatic heterocycles. The van der Waals surface area contributed by atoms with Crippen LogP contribution in [0.1, 0.15) is 23.8 Å². The lowest BCUT2D eigenvalue weighted by atomic mass is 9.93. The summed E-state index contributed by atoms with van der Waals surface area (Å²) in [7, 11) is 1.82. The fourth-order valence-electron chi connectivity index (χ4n) is 3.57. The first kappa shape index (κ1) is 16.7. The lowest BCUT2D eigenvalue weighted by Crippen LogP contribution is -2.21. The van der Waals surface area contributed by atoms with E-state index in [1.54, 1.807) is 22.2 Å². The fourth-order valence-corrected chi connectivity index (χ4v) is 4.69. The van der Waals surface area contributed by atoms with Gasteiger partial charge in [0.15, 0.2) is 5.65 Å². The average Bonchev–Trinajstić information content (AvgIpc) is 3.31. The maximum Gasteiger partial charge on any atom is 0.178 e. The van der Waals surface area contributed by atoms with Crippen molar-refractivity contribution in [2.45, 2.75) is 18.9 Å². The molecule has 1 saturated heterocycles. The fraction of sp³-hybridized carbons (Fsp3) is 0.368. The molecule has 1 aliphatic rings. The molecule has 1 atom stereocenters. The van der Waals surface area contributed by atoms with Crippen molar-refractivity contribution < 1.29 is 9.84 Å². The topological polar surface area (TPSA) is 86.0 Å². The van der Waals surface area contributed by atoms with Gasteiger partial charge in [-0.2, -0.15) is 0 Å². The highest BCUT2D eigenvalue weighted by molar-refractivity contribution is 7.18. The van der Waals surface area contributed by atoms with Crippen molar-refractivity contribution in [2.75, 3.05) is 13.2 Å².